The van der Waals surface area contributed by atoms with Gasteiger partial charge < -0.3 is 9.47 Å². The van der Waals surface area contributed by atoms with Crippen molar-refractivity contribution in [3.63, 3.8) is 0 Å². The summed E-state index contributed by atoms with van der Waals surface area (Å²) in [6.07, 6.45) is 2.99. The van der Waals surface area contributed by atoms with Crippen molar-refractivity contribution in [2.75, 3.05) is 19.7 Å². The summed E-state index contributed by atoms with van der Waals surface area (Å²) in [5.74, 6) is 0.273. The van der Waals surface area contributed by atoms with Crippen LogP contribution in [-0.2, 0) is 11.3 Å². The van der Waals surface area contributed by atoms with Crippen molar-refractivity contribution in [1.82, 2.24) is 15.8 Å². The van der Waals surface area contributed by atoms with Crippen LogP contribution in [0.25, 0.3) is 0 Å². The lowest BCUT2D eigenvalue weighted by atomic mass is 10.1. The minimum absolute atomic E-state index is 0.0872. The third-order valence-corrected chi connectivity index (χ3v) is 5.17. The number of fused-ring (bicyclic) bond motifs is 1. The zero-order valence-corrected chi connectivity index (χ0v) is 16.2. The Morgan fingerprint density at radius 2 is 1.66 bits per heavy atom. The van der Waals surface area contributed by atoms with Crippen LogP contribution in [0.5, 0.6) is 11.5 Å². The Hall–Kier alpha value is -3.06. The molecule has 29 heavy (non-hydrogen) atoms. The molecule has 7 nitrogen and oxygen atoms in total. The smallest absolute Gasteiger partial charge is 0.283 e. The molecule has 2 amide bonds. The third-order valence-electron chi connectivity index (χ3n) is 5.17. The molecule has 2 aliphatic rings. The number of para-hydroxylation sites is 2. The number of amides is 2. The number of benzene rings is 2. The highest BCUT2D eigenvalue weighted by molar-refractivity contribution is 5.95. The van der Waals surface area contributed by atoms with Crippen molar-refractivity contribution in [3.8, 4) is 11.5 Å². The van der Waals surface area contributed by atoms with Crippen LogP contribution in [0.1, 0.15) is 35.2 Å². The molecule has 1 unspecified atom stereocenters. The molecule has 2 aromatic carbocycles. The first-order chi connectivity index (χ1) is 14.2. The van der Waals surface area contributed by atoms with E-state index in [0.717, 1.165) is 19.6 Å². The number of carbonyl (C=O) groups excluding carboxylic acids is 2. The highest BCUT2D eigenvalue weighted by Crippen LogP contribution is 2.30. The van der Waals surface area contributed by atoms with E-state index in [2.05, 4.69) is 15.8 Å². The molecule has 2 aliphatic heterocycles. The third kappa shape index (κ3) is 4.86. The van der Waals surface area contributed by atoms with Crippen LogP contribution in [-0.4, -0.2) is 42.5 Å². The van der Waals surface area contributed by atoms with Gasteiger partial charge >= 0.3 is 0 Å². The van der Waals surface area contributed by atoms with E-state index in [1.807, 2.05) is 18.2 Å². The molecule has 1 fully saturated rings. The van der Waals surface area contributed by atoms with Gasteiger partial charge in [-0.25, -0.2) is 0 Å². The number of hydrazine groups is 1. The number of hydrogen-bond donors (Lipinski definition) is 2. The van der Waals surface area contributed by atoms with Crippen molar-refractivity contribution in [3.05, 3.63) is 59.7 Å². The standard InChI is InChI=1S/C22H25N3O4/c26-21(17-10-8-16(9-11-17)14-25-12-4-1-5-13-25)23-24-22(27)20-15-28-18-6-2-3-7-19(18)29-20/h2-3,6-11,20H,1,4-5,12-15H2,(H,23,26)(H,24,27). The Labute approximate surface area is 170 Å². The van der Waals surface area contributed by atoms with Gasteiger partial charge in [-0.1, -0.05) is 30.7 Å². The minimum atomic E-state index is -0.822. The second-order valence-electron chi connectivity index (χ2n) is 7.34. The van der Waals surface area contributed by atoms with Crippen LogP contribution in [0.3, 0.4) is 0 Å². The fourth-order valence-corrected chi connectivity index (χ4v) is 3.56. The van der Waals surface area contributed by atoms with E-state index in [9.17, 15) is 9.59 Å². The average molecular weight is 395 g/mol. The van der Waals surface area contributed by atoms with E-state index in [1.165, 1.54) is 24.8 Å². The molecule has 0 aliphatic carbocycles. The predicted octanol–water partition coefficient (Wildman–Crippen LogP) is 2.27. The first-order valence-corrected chi connectivity index (χ1v) is 9.99. The van der Waals surface area contributed by atoms with E-state index in [0.29, 0.717) is 17.1 Å². The summed E-state index contributed by atoms with van der Waals surface area (Å²) in [5, 5.41) is 0. The molecule has 0 aromatic heterocycles. The summed E-state index contributed by atoms with van der Waals surface area (Å²) in [5.41, 5.74) is 6.51. The molecule has 4 rings (SSSR count). The zero-order chi connectivity index (χ0) is 20.1. The number of ether oxygens (including phenoxy) is 2. The topological polar surface area (TPSA) is 79.9 Å². The van der Waals surface area contributed by atoms with Gasteiger partial charge in [0.15, 0.2) is 11.5 Å². The maximum absolute atomic E-state index is 12.3. The van der Waals surface area contributed by atoms with Crippen LogP contribution in [0.2, 0.25) is 0 Å². The fraction of sp³-hybridized carbons (Fsp3) is 0.364. The molecule has 2 heterocycles. The van der Waals surface area contributed by atoms with Crippen LogP contribution >= 0.6 is 0 Å². The summed E-state index contributed by atoms with van der Waals surface area (Å²) in [6, 6.07) is 14.6. The molecule has 1 saturated heterocycles. The Bertz CT molecular complexity index is 863. The number of nitrogens with one attached hydrogen (secondary N) is 2. The van der Waals surface area contributed by atoms with Crippen LogP contribution in [0.4, 0.5) is 0 Å². The number of nitrogens with zero attached hydrogens (tertiary/aromatic N) is 1. The van der Waals surface area contributed by atoms with Crippen molar-refractivity contribution >= 4 is 11.8 Å². The lowest BCUT2D eigenvalue weighted by Crippen LogP contribution is -2.50. The fourth-order valence-electron chi connectivity index (χ4n) is 3.56. The van der Waals surface area contributed by atoms with Crippen molar-refractivity contribution in [1.29, 1.82) is 0 Å². The van der Waals surface area contributed by atoms with Gasteiger partial charge in [0.25, 0.3) is 11.8 Å². The van der Waals surface area contributed by atoms with Gasteiger partial charge in [0, 0.05) is 12.1 Å². The average Bonchev–Trinajstić information content (AvgIpc) is 2.78. The molecular weight excluding hydrogens is 370 g/mol. The lowest BCUT2D eigenvalue weighted by molar-refractivity contribution is -0.131. The van der Waals surface area contributed by atoms with E-state index in [-0.39, 0.29) is 12.5 Å². The summed E-state index contributed by atoms with van der Waals surface area (Å²) in [7, 11) is 0. The maximum Gasteiger partial charge on any atom is 0.283 e. The van der Waals surface area contributed by atoms with Crippen LogP contribution < -0.4 is 20.3 Å². The van der Waals surface area contributed by atoms with Gasteiger partial charge in [0.05, 0.1) is 0 Å². The highest BCUT2D eigenvalue weighted by Gasteiger charge is 2.27. The largest absolute Gasteiger partial charge is 0.485 e. The number of hydrogen-bond acceptors (Lipinski definition) is 5. The van der Waals surface area contributed by atoms with E-state index in [1.54, 1.807) is 30.3 Å². The number of likely N-dealkylation sites (tertiary alicyclic amines) is 1. The molecule has 0 spiro atoms. The van der Waals surface area contributed by atoms with Gasteiger partial charge in [-0.2, -0.15) is 0 Å². The molecule has 2 N–H and O–H groups in total. The molecule has 2 aromatic rings. The zero-order valence-electron chi connectivity index (χ0n) is 16.2. The summed E-state index contributed by atoms with van der Waals surface area (Å²) in [4.78, 5) is 27.0. The first-order valence-electron chi connectivity index (χ1n) is 9.99. The lowest BCUT2D eigenvalue weighted by Gasteiger charge is -2.26. The number of carbonyl (C=O) groups is 2. The molecule has 0 saturated carbocycles. The van der Waals surface area contributed by atoms with Gasteiger partial charge in [0.2, 0.25) is 6.10 Å². The van der Waals surface area contributed by atoms with Crippen molar-refractivity contribution < 1.29 is 19.1 Å². The van der Waals surface area contributed by atoms with Crippen LogP contribution in [0, 0.1) is 0 Å². The quantitative estimate of drug-likeness (QED) is 0.777. The monoisotopic (exact) mass is 395 g/mol. The van der Waals surface area contributed by atoms with Crippen molar-refractivity contribution in [2.45, 2.75) is 31.9 Å². The minimum Gasteiger partial charge on any atom is -0.485 e. The van der Waals surface area contributed by atoms with Gasteiger partial charge in [-0.3, -0.25) is 25.3 Å². The second-order valence-corrected chi connectivity index (χ2v) is 7.34. The summed E-state index contributed by atoms with van der Waals surface area (Å²) < 4.78 is 11.1. The van der Waals surface area contributed by atoms with Gasteiger partial charge in [-0.05, 0) is 55.8 Å². The Morgan fingerprint density at radius 1 is 0.931 bits per heavy atom. The summed E-state index contributed by atoms with van der Waals surface area (Å²) in [6.45, 7) is 3.25. The van der Waals surface area contributed by atoms with E-state index >= 15 is 0 Å². The van der Waals surface area contributed by atoms with E-state index in [4.69, 9.17) is 9.47 Å². The highest BCUT2D eigenvalue weighted by atomic mass is 16.6. The normalized spacial score (nSPS) is 18.7. The van der Waals surface area contributed by atoms with Gasteiger partial charge in [0.1, 0.15) is 6.61 Å². The Kier molecular flexibility index (Phi) is 5.95. The van der Waals surface area contributed by atoms with Crippen LogP contribution in [0.15, 0.2) is 48.5 Å². The van der Waals surface area contributed by atoms with E-state index < -0.39 is 12.0 Å². The maximum atomic E-state index is 12.3. The first kappa shape index (κ1) is 19.3. The second kappa shape index (κ2) is 8.96. The molecular formula is C22H25N3O4. The summed E-state index contributed by atoms with van der Waals surface area (Å²) >= 11 is 0. The molecule has 0 bridgehead atoms. The predicted molar refractivity (Wildman–Crippen MR) is 108 cm³/mol. The molecule has 1 atom stereocenters. The molecule has 0 radical (unpaired) electrons. The Morgan fingerprint density at radius 3 is 2.41 bits per heavy atom. The Balaban J connectivity index is 1.26. The molecule has 7 heteroatoms. The molecule has 152 valence electrons. The number of rotatable bonds is 4. The van der Waals surface area contributed by atoms with Crippen molar-refractivity contribution in [2.24, 2.45) is 0 Å². The SMILES string of the molecule is O=C(NNC(=O)C1COc2ccccc2O1)c1ccc(CN2CCCCC2)cc1. The van der Waals surface area contributed by atoms with Gasteiger partial charge in [-0.15, -0.1) is 0 Å². The number of piperidine rings is 1.